The molecule has 218 valence electrons. The van der Waals surface area contributed by atoms with E-state index in [1.54, 1.807) is 21.3 Å². The molecule has 2 amide bonds. The lowest BCUT2D eigenvalue weighted by molar-refractivity contribution is -0.119. The summed E-state index contributed by atoms with van der Waals surface area (Å²) >= 11 is 27.8. The second kappa shape index (κ2) is 15.3. The lowest BCUT2D eigenvalue weighted by atomic mass is 10.1. The molecule has 0 saturated heterocycles. The van der Waals surface area contributed by atoms with E-state index < -0.39 is 0 Å². The third-order valence-corrected chi connectivity index (χ3v) is 10.1. The fourth-order valence-corrected chi connectivity index (χ4v) is 7.50. The van der Waals surface area contributed by atoms with Crippen LogP contribution in [0, 0.1) is 24.7 Å². The highest BCUT2D eigenvalue weighted by Gasteiger charge is 2.14. The van der Waals surface area contributed by atoms with Crippen LogP contribution in [0.5, 0.6) is 0 Å². The number of amides is 2. The second-order valence-corrected chi connectivity index (χ2v) is 13.0. The molecular formula is C30H26Cl4N4O2S2. The number of thiazole rings is 2. The van der Waals surface area contributed by atoms with Gasteiger partial charge in [-0.05, 0) is 37.1 Å². The first-order valence-corrected chi connectivity index (χ1v) is 16.4. The lowest BCUT2D eigenvalue weighted by Crippen LogP contribution is -2.16. The number of hydrogen-bond acceptors (Lipinski definition) is 4. The molecule has 2 aromatic heterocycles. The zero-order valence-corrected chi connectivity index (χ0v) is 27.1. The molecule has 0 fully saturated rings. The van der Waals surface area contributed by atoms with Crippen LogP contribution in [-0.4, -0.2) is 20.9 Å². The highest BCUT2D eigenvalue weighted by Crippen LogP contribution is 2.33. The number of fused-ring (bicyclic) bond motifs is 2. The zero-order chi connectivity index (χ0) is 30.2. The van der Waals surface area contributed by atoms with Gasteiger partial charge in [0.1, 0.15) is 0 Å². The molecule has 4 aromatic rings. The van der Waals surface area contributed by atoms with E-state index in [4.69, 9.17) is 59.3 Å². The topological polar surface area (TPSA) is 68.7 Å². The maximum atomic E-state index is 12.6. The molecule has 0 aliphatic heterocycles. The maximum absolute atomic E-state index is 12.6. The summed E-state index contributed by atoms with van der Waals surface area (Å²) in [5.74, 6) is 4.77. The van der Waals surface area contributed by atoms with Gasteiger partial charge in [-0.3, -0.25) is 9.59 Å². The van der Waals surface area contributed by atoms with E-state index in [0.717, 1.165) is 47.9 Å². The first-order chi connectivity index (χ1) is 20.2. The summed E-state index contributed by atoms with van der Waals surface area (Å²) in [4.78, 5) is 34.7. The van der Waals surface area contributed by atoms with Crippen molar-refractivity contribution in [2.24, 2.45) is 9.98 Å². The Morgan fingerprint density at radius 3 is 1.43 bits per heavy atom. The molecule has 0 aliphatic carbocycles. The number of benzene rings is 2. The minimum atomic E-state index is -0.200. The van der Waals surface area contributed by atoms with Crippen LogP contribution in [0.1, 0.15) is 51.4 Å². The van der Waals surface area contributed by atoms with Gasteiger partial charge in [-0.25, -0.2) is 0 Å². The van der Waals surface area contributed by atoms with E-state index in [0.29, 0.717) is 53.6 Å². The summed E-state index contributed by atoms with van der Waals surface area (Å²) in [6.07, 6.45) is 16.9. The van der Waals surface area contributed by atoms with E-state index in [1.807, 2.05) is 12.1 Å². The van der Waals surface area contributed by atoms with Crippen LogP contribution in [0.3, 0.4) is 0 Å². The van der Waals surface area contributed by atoms with E-state index in [2.05, 4.69) is 21.8 Å². The average molecular weight is 681 g/mol. The minimum absolute atomic E-state index is 0.200. The monoisotopic (exact) mass is 678 g/mol. The van der Waals surface area contributed by atoms with E-state index in [-0.39, 0.29) is 24.9 Å². The molecule has 12 heteroatoms. The van der Waals surface area contributed by atoms with Gasteiger partial charge in [0.05, 0.1) is 53.6 Å². The van der Waals surface area contributed by atoms with Gasteiger partial charge in [0, 0.05) is 12.8 Å². The van der Waals surface area contributed by atoms with Gasteiger partial charge in [0.25, 0.3) is 0 Å². The van der Waals surface area contributed by atoms with Crippen molar-refractivity contribution < 1.29 is 9.59 Å². The van der Waals surface area contributed by atoms with E-state index >= 15 is 0 Å². The summed E-state index contributed by atoms with van der Waals surface area (Å²) < 4.78 is 5.23. The zero-order valence-electron chi connectivity index (χ0n) is 22.5. The smallest absolute Gasteiger partial charge is 0.248 e. The van der Waals surface area contributed by atoms with Gasteiger partial charge in [-0.15, -0.1) is 12.8 Å². The van der Waals surface area contributed by atoms with Crippen molar-refractivity contribution in [3.63, 3.8) is 0 Å². The quantitative estimate of drug-likeness (QED) is 0.118. The summed E-state index contributed by atoms with van der Waals surface area (Å²) in [5, 5.41) is 1.63. The van der Waals surface area contributed by atoms with Crippen LogP contribution in [0.15, 0.2) is 34.3 Å². The Morgan fingerprint density at radius 1 is 0.667 bits per heavy atom. The van der Waals surface area contributed by atoms with Crippen LogP contribution in [0.4, 0.5) is 0 Å². The molecule has 0 atom stereocenters. The molecule has 0 N–H and O–H groups in total. The fourth-order valence-electron chi connectivity index (χ4n) is 4.44. The van der Waals surface area contributed by atoms with Crippen molar-refractivity contribution in [1.29, 1.82) is 0 Å². The summed E-state index contributed by atoms with van der Waals surface area (Å²) in [6, 6.07) is 7.12. The number of carbonyl (C=O) groups excluding carboxylic acids is 2. The third kappa shape index (κ3) is 7.68. The summed E-state index contributed by atoms with van der Waals surface area (Å²) in [5.41, 5.74) is 1.38. The Hall–Kier alpha value is -2.56. The van der Waals surface area contributed by atoms with E-state index in [1.165, 1.54) is 22.7 Å². The van der Waals surface area contributed by atoms with Crippen molar-refractivity contribution in [2.75, 3.05) is 0 Å². The number of aromatic nitrogens is 2. The molecule has 6 nitrogen and oxygen atoms in total. The van der Waals surface area contributed by atoms with Gasteiger partial charge >= 0.3 is 0 Å². The molecule has 0 unspecified atom stereocenters. The van der Waals surface area contributed by atoms with Crippen molar-refractivity contribution in [3.8, 4) is 24.7 Å². The summed E-state index contributed by atoms with van der Waals surface area (Å²) in [6.45, 7) is 0.473. The Kier molecular flexibility index (Phi) is 11.7. The number of nitrogens with zero attached hydrogens (tertiary/aromatic N) is 4. The van der Waals surface area contributed by atoms with Crippen LogP contribution < -0.4 is 9.60 Å². The maximum Gasteiger partial charge on any atom is 0.248 e. The molecule has 2 aromatic carbocycles. The molecule has 42 heavy (non-hydrogen) atoms. The molecule has 0 spiro atoms. The van der Waals surface area contributed by atoms with Crippen molar-refractivity contribution in [3.05, 3.63) is 54.0 Å². The first kappa shape index (κ1) is 32.4. The molecule has 4 rings (SSSR count). The van der Waals surface area contributed by atoms with Crippen LogP contribution in [-0.2, 0) is 22.7 Å². The highest BCUT2D eigenvalue weighted by molar-refractivity contribution is 7.16. The van der Waals surface area contributed by atoms with Crippen molar-refractivity contribution in [2.45, 2.75) is 64.5 Å². The Balaban J connectivity index is 1.23. The molecule has 0 radical (unpaired) electrons. The number of unbranched alkanes of at least 4 members (excludes halogenated alkanes) is 5. The van der Waals surface area contributed by atoms with Gasteiger partial charge in [0.15, 0.2) is 9.60 Å². The molecule has 0 bridgehead atoms. The predicted molar refractivity (Wildman–Crippen MR) is 175 cm³/mol. The normalized spacial score (nSPS) is 12.2. The number of terminal acetylenes is 2. The first-order valence-electron chi connectivity index (χ1n) is 13.2. The van der Waals surface area contributed by atoms with Gasteiger partial charge in [-0.1, -0.05) is 107 Å². The van der Waals surface area contributed by atoms with Gasteiger partial charge in [-0.2, -0.15) is 9.98 Å². The highest BCUT2D eigenvalue weighted by atomic mass is 35.5. The summed E-state index contributed by atoms with van der Waals surface area (Å²) in [7, 11) is 0. The number of carbonyl (C=O) groups is 2. The minimum Gasteiger partial charge on any atom is -0.303 e. The van der Waals surface area contributed by atoms with Crippen LogP contribution in [0.2, 0.25) is 20.1 Å². The van der Waals surface area contributed by atoms with E-state index in [9.17, 15) is 9.59 Å². The van der Waals surface area contributed by atoms with Crippen molar-refractivity contribution in [1.82, 2.24) is 9.13 Å². The van der Waals surface area contributed by atoms with Crippen LogP contribution in [0.25, 0.3) is 20.4 Å². The molecule has 0 aliphatic rings. The lowest BCUT2D eigenvalue weighted by Gasteiger charge is -2.03. The second-order valence-electron chi connectivity index (χ2n) is 9.40. The van der Waals surface area contributed by atoms with Crippen LogP contribution >= 0.6 is 69.1 Å². The molecule has 0 saturated carbocycles. The van der Waals surface area contributed by atoms with Gasteiger partial charge < -0.3 is 9.13 Å². The van der Waals surface area contributed by atoms with Gasteiger partial charge in [0.2, 0.25) is 11.8 Å². The average Bonchev–Trinajstić information content (AvgIpc) is 3.48. The standard InChI is InChI=1S/C30H26Cl4N4O2S2/c1-3-17-37-27-21(15-13-19(31)25(27)33)41-29(37)35-23(39)11-9-7-5-6-8-10-12-24(40)36-30-38(18-4-2)28-22(42-30)16-14-20(32)26(28)34/h1-2,13-16H,5-12,17-18H2. The third-order valence-electron chi connectivity index (χ3n) is 6.44. The Labute approximate surface area is 271 Å². The molecule has 2 heterocycles. The Morgan fingerprint density at radius 2 is 1.05 bits per heavy atom. The number of halogens is 4. The Bertz CT molecular complexity index is 1730. The SMILES string of the molecule is C#CCn1c(=NC(=O)CCCCCCCCC(=O)N=c2sc3ccc(Cl)c(Cl)c3n2CC#C)sc2ccc(Cl)c(Cl)c21. The fraction of sp³-hybridized carbons (Fsp3) is 0.333. The largest absolute Gasteiger partial charge is 0.303 e. The predicted octanol–water partition coefficient (Wildman–Crippen LogP) is 8.27. The van der Waals surface area contributed by atoms with Crippen molar-refractivity contribution >= 4 is 101 Å². The number of hydrogen-bond donors (Lipinski definition) is 0. The molecular weight excluding hydrogens is 654 g/mol. The number of rotatable bonds is 11.